The van der Waals surface area contributed by atoms with E-state index in [1.54, 1.807) is 11.3 Å². The predicted octanol–water partition coefficient (Wildman–Crippen LogP) is 3.14. The fraction of sp³-hybridized carbons (Fsp3) is 0.667. The Hall–Kier alpha value is -0.340. The van der Waals surface area contributed by atoms with Crippen molar-refractivity contribution in [3.8, 4) is 0 Å². The molecule has 3 unspecified atom stereocenters. The summed E-state index contributed by atoms with van der Waals surface area (Å²) < 4.78 is 0. The summed E-state index contributed by atoms with van der Waals surface area (Å²) in [5.74, 6) is 2.31. The van der Waals surface area contributed by atoms with Gasteiger partial charge in [0.25, 0.3) is 0 Å². The highest BCUT2D eigenvalue weighted by molar-refractivity contribution is 7.12. The van der Waals surface area contributed by atoms with E-state index in [1.807, 2.05) is 0 Å². The number of hydrogen-bond acceptors (Lipinski definition) is 2. The van der Waals surface area contributed by atoms with Gasteiger partial charge in [-0.15, -0.1) is 11.3 Å². The zero-order valence-electron chi connectivity index (χ0n) is 8.44. The van der Waals surface area contributed by atoms with Crippen molar-refractivity contribution in [1.29, 1.82) is 0 Å². The maximum atomic E-state index is 10.2. The lowest BCUT2D eigenvalue weighted by Crippen LogP contribution is -2.01. The molecule has 1 N–H and O–H groups in total. The highest BCUT2D eigenvalue weighted by Crippen LogP contribution is 2.62. The van der Waals surface area contributed by atoms with Crippen LogP contribution in [0.25, 0.3) is 0 Å². The Morgan fingerprint density at radius 1 is 1.36 bits per heavy atom. The van der Waals surface area contributed by atoms with Crippen molar-refractivity contribution in [2.24, 2.45) is 17.8 Å². The number of thiophene rings is 1. The zero-order chi connectivity index (χ0) is 9.71. The first-order valence-corrected chi connectivity index (χ1v) is 6.33. The molecule has 2 heteroatoms. The third kappa shape index (κ3) is 1.24. The number of hydrogen-bond donors (Lipinski definition) is 1. The summed E-state index contributed by atoms with van der Waals surface area (Å²) in [6.07, 6.45) is 3.94. The van der Waals surface area contributed by atoms with Crippen molar-refractivity contribution in [2.75, 3.05) is 0 Å². The third-order valence-electron chi connectivity index (χ3n) is 3.89. The molecule has 0 aliphatic heterocycles. The van der Waals surface area contributed by atoms with E-state index in [0.717, 1.165) is 11.8 Å². The van der Waals surface area contributed by atoms with Gasteiger partial charge in [0.15, 0.2) is 0 Å². The lowest BCUT2D eigenvalue weighted by atomic mass is 10.1. The molecule has 0 spiro atoms. The molecule has 2 fully saturated rings. The molecule has 0 aromatic carbocycles. The van der Waals surface area contributed by atoms with Crippen molar-refractivity contribution < 1.29 is 5.11 Å². The van der Waals surface area contributed by atoms with Crippen LogP contribution in [0.1, 0.15) is 35.1 Å². The smallest absolute Gasteiger partial charge is 0.0915 e. The van der Waals surface area contributed by atoms with Crippen LogP contribution in [-0.2, 0) is 0 Å². The van der Waals surface area contributed by atoms with Crippen LogP contribution in [0.5, 0.6) is 0 Å². The molecule has 1 aromatic rings. The summed E-state index contributed by atoms with van der Waals surface area (Å²) >= 11 is 1.75. The maximum Gasteiger partial charge on any atom is 0.0915 e. The molecule has 1 aromatic heterocycles. The standard InChI is InChI=1S/C12H16OS/c1-7-5-6-10(14-7)12(13)11-8-3-2-4-9(8)11/h5-6,8-9,11-13H,2-4H2,1H3. The molecule has 2 aliphatic rings. The van der Waals surface area contributed by atoms with Crippen LogP contribution >= 0.6 is 11.3 Å². The Bertz CT molecular complexity index is 334. The summed E-state index contributed by atoms with van der Waals surface area (Å²) in [6.45, 7) is 2.11. The Labute approximate surface area is 88.8 Å². The second-order valence-corrected chi connectivity index (χ2v) is 6.05. The van der Waals surface area contributed by atoms with Gasteiger partial charge in [-0.05, 0) is 49.7 Å². The van der Waals surface area contributed by atoms with Crippen LogP contribution in [-0.4, -0.2) is 5.11 Å². The van der Waals surface area contributed by atoms with E-state index >= 15 is 0 Å². The summed E-state index contributed by atoms with van der Waals surface area (Å²) in [4.78, 5) is 2.49. The molecule has 1 nitrogen and oxygen atoms in total. The lowest BCUT2D eigenvalue weighted by molar-refractivity contribution is 0.141. The van der Waals surface area contributed by atoms with Crippen LogP contribution in [0.4, 0.5) is 0 Å². The second-order valence-electron chi connectivity index (χ2n) is 4.73. The minimum Gasteiger partial charge on any atom is -0.387 e. The van der Waals surface area contributed by atoms with Crippen LogP contribution in [0.15, 0.2) is 12.1 Å². The van der Waals surface area contributed by atoms with Crippen LogP contribution in [0, 0.1) is 24.7 Å². The molecule has 14 heavy (non-hydrogen) atoms. The molecular formula is C12H16OS. The van der Waals surface area contributed by atoms with Crippen molar-refractivity contribution in [2.45, 2.75) is 32.3 Å². The average molecular weight is 208 g/mol. The molecule has 0 radical (unpaired) electrons. The molecule has 3 rings (SSSR count). The summed E-state index contributed by atoms with van der Waals surface area (Å²) in [6, 6.07) is 4.21. The Balaban J connectivity index is 1.75. The van der Waals surface area contributed by atoms with Crippen LogP contribution in [0.3, 0.4) is 0 Å². The van der Waals surface area contributed by atoms with Crippen molar-refractivity contribution in [3.63, 3.8) is 0 Å². The van der Waals surface area contributed by atoms with Gasteiger partial charge in [-0.1, -0.05) is 6.42 Å². The van der Waals surface area contributed by atoms with E-state index in [0.29, 0.717) is 5.92 Å². The number of fused-ring (bicyclic) bond motifs is 1. The first kappa shape index (κ1) is 8.93. The van der Waals surface area contributed by atoms with Gasteiger partial charge in [0.2, 0.25) is 0 Å². The highest BCUT2D eigenvalue weighted by atomic mass is 32.1. The number of aliphatic hydroxyl groups is 1. The molecule has 0 bridgehead atoms. The average Bonchev–Trinajstić information content (AvgIpc) is 2.56. The van der Waals surface area contributed by atoms with Gasteiger partial charge >= 0.3 is 0 Å². The largest absolute Gasteiger partial charge is 0.387 e. The summed E-state index contributed by atoms with van der Waals surface area (Å²) in [5, 5.41) is 10.2. The van der Waals surface area contributed by atoms with Gasteiger partial charge in [0.1, 0.15) is 0 Å². The van der Waals surface area contributed by atoms with Gasteiger partial charge in [0.05, 0.1) is 6.10 Å². The fourth-order valence-corrected chi connectivity index (χ4v) is 4.07. The topological polar surface area (TPSA) is 20.2 Å². The molecular weight excluding hydrogens is 192 g/mol. The van der Waals surface area contributed by atoms with Crippen molar-refractivity contribution >= 4 is 11.3 Å². The van der Waals surface area contributed by atoms with Gasteiger partial charge in [-0.25, -0.2) is 0 Å². The lowest BCUT2D eigenvalue weighted by Gasteiger charge is -2.09. The van der Waals surface area contributed by atoms with Crippen LogP contribution < -0.4 is 0 Å². The Morgan fingerprint density at radius 3 is 2.64 bits per heavy atom. The maximum absolute atomic E-state index is 10.2. The monoisotopic (exact) mass is 208 g/mol. The van der Waals surface area contributed by atoms with E-state index in [4.69, 9.17) is 0 Å². The SMILES string of the molecule is Cc1ccc(C(O)C2C3CCCC32)s1. The zero-order valence-corrected chi connectivity index (χ0v) is 9.26. The van der Waals surface area contributed by atoms with Gasteiger partial charge in [-0.2, -0.15) is 0 Å². The van der Waals surface area contributed by atoms with Gasteiger partial charge < -0.3 is 5.11 Å². The molecule has 3 atom stereocenters. The summed E-state index contributed by atoms with van der Waals surface area (Å²) in [7, 11) is 0. The van der Waals surface area contributed by atoms with E-state index in [9.17, 15) is 5.11 Å². The molecule has 0 amide bonds. The number of aliphatic hydroxyl groups excluding tert-OH is 1. The number of aryl methyl sites for hydroxylation is 1. The molecule has 0 saturated heterocycles. The molecule has 2 aliphatic carbocycles. The summed E-state index contributed by atoms with van der Waals surface area (Å²) in [5.41, 5.74) is 0. The normalized spacial score (nSPS) is 36.9. The fourth-order valence-electron chi connectivity index (χ4n) is 3.15. The first-order valence-electron chi connectivity index (χ1n) is 5.52. The highest BCUT2D eigenvalue weighted by Gasteiger charge is 2.56. The second kappa shape index (κ2) is 3.07. The van der Waals surface area contributed by atoms with Gasteiger partial charge in [-0.3, -0.25) is 0 Å². The van der Waals surface area contributed by atoms with Gasteiger partial charge in [0, 0.05) is 9.75 Å². The van der Waals surface area contributed by atoms with E-state index in [-0.39, 0.29) is 6.10 Å². The minimum absolute atomic E-state index is 0.163. The molecule has 76 valence electrons. The quantitative estimate of drug-likeness (QED) is 0.791. The van der Waals surface area contributed by atoms with Crippen molar-refractivity contribution in [3.05, 3.63) is 21.9 Å². The molecule has 1 heterocycles. The number of rotatable bonds is 2. The van der Waals surface area contributed by atoms with Crippen LogP contribution in [0.2, 0.25) is 0 Å². The first-order chi connectivity index (χ1) is 6.77. The third-order valence-corrected chi connectivity index (χ3v) is 4.96. The Kier molecular flexibility index (Phi) is 1.96. The van der Waals surface area contributed by atoms with Crippen molar-refractivity contribution in [1.82, 2.24) is 0 Å². The minimum atomic E-state index is -0.163. The molecule has 2 saturated carbocycles. The van der Waals surface area contributed by atoms with E-state index in [2.05, 4.69) is 19.1 Å². The predicted molar refractivity (Wildman–Crippen MR) is 58.3 cm³/mol. The van der Waals surface area contributed by atoms with E-state index < -0.39 is 0 Å². The van der Waals surface area contributed by atoms with E-state index in [1.165, 1.54) is 29.0 Å². The Morgan fingerprint density at radius 2 is 2.07 bits per heavy atom.